The van der Waals surface area contributed by atoms with Crippen LogP contribution in [-0.2, 0) is 6.42 Å². The second-order valence-corrected chi connectivity index (χ2v) is 3.54. The van der Waals surface area contributed by atoms with Crippen LogP contribution in [-0.4, -0.2) is 9.97 Å². The smallest absolute Gasteiger partial charge is 0.0923 e. The minimum atomic E-state index is 0.896. The van der Waals surface area contributed by atoms with Gasteiger partial charge in [0, 0.05) is 24.4 Å². The molecule has 2 nitrogen and oxygen atoms in total. The molecule has 1 heterocycles. The lowest BCUT2D eigenvalue weighted by atomic mass is 10.1. The van der Waals surface area contributed by atoms with Crippen LogP contribution in [0.25, 0.3) is 5.57 Å². The Morgan fingerprint density at radius 1 is 0.933 bits per heavy atom. The highest BCUT2D eigenvalue weighted by atomic mass is 14.8. The molecule has 0 radical (unpaired) electrons. The van der Waals surface area contributed by atoms with Crippen molar-refractivity contribution in [3.63, 3.8) is 0 Å². The second-order valence-electron chi connectivity index (χ2n) is 3.54. The first-order valence-corrected chi connectivity index (χ1v) is 5.01. The molecule has 3 rings (SSSR count). The number of fused-ring (bicyclic) bond motifs is 1. The first kappa shape index (κ1) is 8.36. The Hall–Kier alpha value is -1.96. The molecule has 15 heavy (non-hydrogen) atoms. The molecule has 0 amide bonds. The van der Waals surface area contributed by atoms with E-state index in [0.29, 0.717) is 0 Å². The maximum Gasteiger partial charge on any atom is 0.0923 e. The van der Waals surface area contributed by atoms with E-state index in [1.807, 2.05) is 18.2 Å². The van der Waals surface area contributed by atoms with Crippen molar-refractivity contribution in [2.24, 2.45) is 0 Å². The summed E-state index contributed by atoms with van der Waals surface area (Å²) >= 11 is 0. The highest BCUT2D eigenvalue weighted by Gasteiger charge is 2.16. The van der Waals surface area contributed by atoms with Crippen molar-refractivity contribution >= 4 is 5.57 Å². The van der Waals surface area contributed by atoms with Crippen LogP contribution in [0.15, 0.2) is 48.8 Å². The van der Waals surface area contributed by atoms with Gasteiger partial charge < -0.3 is 0 Å². The highest BCUT2D eigenvalue weighted by Crippen LogP contribution is 2.29. The summed E-state index contributed by atoms with van der Waals surface area (Å²) in [4.78, 5) is 8.71. The molecular formula is C13H10N2. The van der Waals surface area contributed by atoms with Gasteiger partial charge in [-0.3, -0.25) is 9.97 Å². The highest BCUT2D eigenvalue weighted by molar-refractivity contribution is 5.81. The van der Waals surface area contributed by atoms with Gasteiger partial charge in [0.1, 0.15) is 0 Å². The number of allylic oxidation sites excluding steroid dienone is 1. The van der Waals surface area contributed by atoms with Crippen molar-refractivity contribution in [3.05, 3.63) is 65.8 Å². The third-order valence-electron chi connectivity index (χ3n) is 2.61. The molecule has 0 aliphatic heterocycles. The van der Waals surface area contributed by atoms with E-state index in [-0.39, 0.29) is 0 Å². The average molecular weight is 194 g/mol. The monoisotopic (exact) mass is 194 g/mol. The molecule has 0 bridgehead atoms. The number of benzene rings is 1. The zero-order chi connectivity index (χ0) is 10.1. The largest absolute Gasteiger partial charge is 0.257 e. The fourth-order valence-electron chi connectivity index (χ4n) is 1.91. The van der Waals surface area contributed by atoms with Gasteiger partial charge in [0.05, 0.1) is 11.4 Å². The lowest BCUT2D eigenvalue weighted by Gasteiger charge is -2.03. The van der Waals surface area contributed by atoms with Crippen LogP contribution in [0.2, 0.25) is 0 Å². The fraction of sp³-hybridized carbons (Fsp3) is 0.0769. The van der Waals surface area contributed by atoms with Crippen LogP contribution in [0.3, 0.4) is 0 Å². The number of hydrogen-bond acceptors (Lipinski definition) is 2. The third-order valence-corrected chi connectivity index (χ3v) is 2.61. The van der Waals surface area contributed by atoms with Gasteiger partial charge in [0.25, 0.3) is 0 Å². The fourth-order valence-corrected chi connectivity index (χ4v) is 1.91. The normalized spacial score (nSPS) is 13.5. The summed E-state index contributed by atoms with van der Waals surface area (Å²) in [5.74, 6) is 0. The second kappa shape index (κ2) is 3.31. The quantitative estimate of drug-likeness (QED) is 0.697. The zero-order valence-electron chi connectivity index (χ0n) is 8.22. The maximum atomic E-state index is 4.39. The van der Waals surface area contributed by atoms with E-state index in [1.54, 1.807) is 12.4 Å². The van der Waals surface area contributed by atoms with Gasteiger partial charge in [-0.2, -0.15) is 0 Å². The molecule has 0 spiro atoms. The minimum absolute atomic E-state index is 0.896. The van der Waals surface area contributed by atoms with Gasteiger partial charge in [-0.25, -0.2) is 0 Å². The van der Waals surface area contributed by atoms with E-state index in [4.69, 9.17) is 0 Å². The SMILES string of the molecule is C1=C(c2ccccc2)c2nccnc2C1. The predicted molar refractivity (Wildman–Crippen MR) is 59.3 cm³/mol. The molecule has 1 aromatic heterocycles. The molecule has 0 saturated heterocycles. The Balaban J connectivity index is 2.11. The van der Waals surface area contributed by atoms with Crippen molar-refractivity contribution in [2.75, 3.05) is 0 Å². The van der Waals surface area contributed by atoms with Gasteiger partial charge in [-0.05, 0) is 5.56 Å². The van der Waals surface area contributed by atoms with Crippen LogP contribution in [0.5, 0.6) is 0 Å². The lowest BCUT2D eigenvalue weighted by Crippen LogP contribution is -1.93. The molecule has 2 aromatic rings. The van der Waals surface area contributed by atoms with Crippen molar-refractivity contribution < 1.29 is 0 Å². The Morgan fingerprint density at radius 3 is 2.60 bits per heavy atom. The Morgan fingerprint density at radius 2 is 1.73 bits per heavy atom. The summed E-state index contributed by atoms with van der Waals surface area (Å²) in [6.45, 7) is 0. The van der Waals surface area contributed by atoms with E-state index in [2.05, 4.69) is 28.2 Å². The number of nitrogens with zero attached hydrogens (tertiary/aromatic N) is 2. The lowest BCUT2D eigenvalue weighted by molar-refractivity contribution is 1.07. The number of aromatic nitrogens is 2. The van der Waals surface area contributed by atoms with E-state index in [9.17, 15) is 0 Å². The van der Waals surface area contributed by atoms with E-state index in [0.717, 1.165) is 17.8 Å². The van der Waals surface area contributed by atoms with Crippen LogP contribution in [0, 0.1) is 0 Å². The van der Waals surface area contributed by atoms with Gasteiger partial charge in [-0.15, -0.1) is 0 Å². The van der Waals surface area contributed by atoms with Crippen molar-refractivity contribution in [2.45, 2.75) is 6.42 Å². The summed E-state index contributed by atoms with van der Waals surface area (Å²) in [5.41, 5.74) is 4.54. The molecule has 0 N–H and O–H groups in total. The average Bonchev–Trinajstić information content (AvgIpc) is 2.74. The van der Waals surface area contributed by atoms with Gasteiger partial charge >= 0.3 is 0 Å². The molecule has 0 atom stereocenters. The molecule has 0 saturated carbocycles. The molecular weight excluding hydrogens is 184 g/mol. The Labute approximate surface area is 88.3 Å². The Bertz CT molecular complexity index is 515. The molecule has 1 aliphatic rings. The maximum absolute atomic E-state index is 4.39. The van der Waals surface area contributed by atoms with Crippen molar-refractivity contribution in [1.29, 1.82) is 0 Å². The van der Waals surface area contributed by atoms with E-state index >= 15 is 0 Å². The summed E-state index contributed by atoms with van der Waals surface area (Å²) in [6, 6.07) is 10.3. The first-order chi connectivity index (χ1) is 7.45. The van der Waals surface area contributed by atoms with Crippen LogP contribution in [0.1, 0.15) is 17.0 Å². The molecule has 0 fully saturated rings. The first-order valence-electron chi connectivity index (χ1n) is 5.01. The Kier molecular flexibility index (Phi) is 1.85. The van der Waals surface area contributed by atoms with Crippen LogP contribution < -0.4 is 0 Å². The van der Waals surface area contributed by atoms with Gasteiger partial charge in [0.15, 0.2) is 0 Å². The molecule has 72 valence electrons. The van der Waals surface area contributed by atoms with Crippen molar-refractivity contribution in [1.82, 2.24) is 9.97 Å². The van der Waals surface area contributed by atoms with E-state index in [1.165, 1.54) is 11.1 Å². The molecule has 0 unspecified atom stereocenters. The summed E-state index contributed by atoms with van der Waals surface area (Å²) in [7, 11) is 0. The third kappa shape index (κ3) is 1.34. The van der Waals surface area contributed by atoms with Gasteiger partial charge in [0.2, 0.25) is 0 Å². The van der Waals surface area contributed by atoms with Gasteiger partial charge in [-0.1, -0.05) is 36.4 Å². The van der Waals surface area contributed by atoms with Crippen LogP contribution >= 0.6 is 0 Å². The van der Waals surface area contributed by atoms with E-state index < -0.39 is 0 Å². The summed E-state index contributed by atoms with van der Waals surface area (Å²) in [5, 5.41) is 0. The summed E-state index contributed by atoms with van der Waals surface area (Å²) in [6.07, 6.45) is 6.59. The minimum Gasteiger partial charge on any atom is -0.257 e. The molecule has 1 aromatic carbocycles. The number of hydrogen-bond donors (Lipinski definition) is 0. The van der Waals surface area contributed by atoms with Crippen LogP contribution in [0.4, 0.5) is 0 Å². The standard InChI is InChI=1S/C13H10N2/c1-2-4-10(5-3-1)11-6-7-12-13(11)15-9-8-14-12/h1-6,8-9H,7H2. The molecule has 2 heteroatoms. The molecule has 1 aliphatic carbocycles. The predicted octanol–water partition coefficient (Wildman–Crippen LogP) is 2.46. The summed E-state index contributed by atoms with van der Waals surface area (Å²) < 4.78 is 0. The zero-order valence-corrected chi connectivity index (χ0v) is 8.22. The van der Waals surface area contributed by atoms with Crippen molar-refractivity contribution in [3.8, 4) is 0 Å². The number of rotatable bonds is 1. The topological polar surface area (TPSA) is 25.8 Å².